The van der Waals surface area contributed by atoms with Gasteiger partial charge in [0.1, 0.15) is 0 Å². The van der Waals surface area contributed by atoms with Gasteiger partial charge in [-0.3, -0.25) is 9.78 Å². The standard InChI is InChI=1S/C14H18N4O/c1-2-17-13(19)6-8-18-12-4-3-10-9-16-7-5-11(10)14(12)15/h3-5,7,9,18H,2,6,8,15H2,1H3,(H,17,19). The van der Waals surface area contributed by atoms with Gasteiger partial charge in [0, 0.05) is 42.7 Å². The molecule has 0 bridgehead atoms. The van der Waals surface area contributed by atoms with E-state index >= 15 is 0 Å². The number of benzene rings is 1. The monoisotopic (exact) mass is 258 g/mol. The fraction of sp³-hybridized carbons (Fsp3) is 0.286. The highest BCUT2D eigenvalue weighted by atomic mass is 16.1. The first-order chi connectivity index (χ1) is 9.22. The summed E-state index contributed by atoms with van der Waals surface area (Å²) < 4.78 is 0. The van der Waals surface area contributed by atoms with Gasteiger partial charge in [-0.1, -0.05) is 6.07 Å². The molecule has 100 valence electrons. The van der Waals surface area contributed by atoms with Crippen molar-refractivity contribution in [1.29, 1.82) is 0 Å². The van der Waals surface area contributed by atoms with E-state index in [0.29, 0.717) is 25.2 Å². The Labute approximate surface area is 112 Å². The van der Waals surface area contributed by atoms with Gasteiger partial charge >= 0.3 is 0 Å². The highest BCUT2D eigenvalue weighted by Gasteiger charge is 2.05. The summed E-state index contributed by atoms with van der Waals surface area (Å²) in [6.07, 6.45) is 3.93. The summed E-state index contributed by atoms with van der Waals surface area (Å²) in [6, 6.07) is 5.77. The third-order valence-corrected chi connectivity index (χ3v) is 2.90. The summed E-state index contributed by atoms with van der Waals surface area (Å²) in [5.74, 6) is 0.0403. The Morgan fingerprint density at radius 3 is 3.00 bits per heavy atom. The lowest BCUT2D eigenvalue weighted by Gasteiger charge is -2.11. The van der Waals surface area contributed by atoms with Crippen LogP contribution in [0.2, 0.25) is 0 Å². The zero-order valence-electron chi connectivity index (χ0n) is 10.9. The average Bonchev–Trinajstić information content (AvgIpc) is 2.42. The molecule has 1 heterocycles. The number of carbonyl (C=O) groups excluding carboxylic acids is 1. The van der Waals surface area contributed by atoms with E-state index in [4.69, 9.17) is 5.73 Å². The number of rotatable bonds is 5. The minimum atomic E-state index is 0.0403. The first-order valence-electron chi connectivity index (χ1n) is 6.35. The third kappa shape index (κ3) is 3.13. The number of nitrogens with two attached hydrogens (primary N) is 1. The number of nitrogen functional groups attached to an aromatic ring is 1. The van der Waals surface area contributed by atoms with Gasteiger partial charge in [0.15, 0.2) is 0 Å². The summed E-state index contributed by atoms with van der Waals surface area (Å²) in [7, 11) is 0. The molecule has 0 fully saturated rings. The zero-order chi connectivity index (χ0) is 13.7. The van der Waals surface area contributed by atoms with Gasteiger partial charge in [-0.15, -0.1) is 0 Å². The number of anilines is 2. The molecule has 0 saturated carbocycles. The second-order valence-corrected chi connectivity index (χ2v) is 4.25. The molecule has 1 aromatic carbocycles. The topological polar surface area (TPSA) is 80.0 Å². The van der Waals surface area contributed by atoms with E-state index in [-0.39, 0.29) is 5.91 Å². The second kappa shape index (κ2) is 6.04. The predicted molar refractivity (Wildman–Crippen MR) is 77.9 cm³/mol. The number of fused-ring (bicyclic) bond motifs is 1. The molecule has 0 spiro atoms. The molecule has 4 N–H and O–H groups in total. The molecule has 0 aliphatic carbocycles. The molecule has 5 nitrogen and oxygen atoms in total. The van der Waals surface area contributed by atoms with E-state index in [9.17, 15) is 4.79 Å². The van der Waals surface area contributed by atoms with Crippen LogP contribution in [-0.2, 0) is 4.79 Å². The zero-order valence-corrected chi connectivity index (χ0v) is 10.9. The van der Waals surface area contributed by atoms with Crippen LogP contribution in [0.3, 0.4) is 0 Å². The maximum Gasteiger partial charge on any atom is 0.221 e. The number of amides is 1. The van der Waals surface area contributed by atoms with Crippen molar-refractivity contribution in [2.45, 2.75) is 13.3 Å². The van der Waals surface area contributed by atoms with Crippen LogP contribution in [0.5, 0.6) is 0 Å². The van der Waals surface area contributed by atoms with Gasteiger partial charge in [-0.2, -0.15) is 0 Å². The van der Waals surface area contributed by atoms with Crippen LogP contribution in [0.4, 0.5) is 11.4 Å². The van der Waals surface area contributed by atoms with Crippen molar-refractivity contribution in [3.8, 4) is 0 Å². The molecule has 0 radical (unpaired) electrons. The van der Waals surface area contributed by atoms with Gasteiger partial charge in [0.2, 0.25) is 5.91 Å². The number of pyridine rings is 1. The van der Waals surface area contributed by atoms with E-state index in [1.165, 1.54) is 0 Å². The number of nitrogens with one attached hydrogen (secondary N) is 2. The van der Waals surface area contributed by atoms with Crippen LogP contribution in [0.25, 0.3) is 10.8 Å². The van der Waals surface area contributed by atoms with Crippen molar-refractivity contribution < 1.29 is 4.79 Å². The summed E-state index contributed by atoms with van der Waals surface area (Å²) in [4.78, 5) is 15.4. The highest BCUT2D eigenvalue weighted by molar-refractivity contribution is 5.98. The van der Waals surface area contributed by atoms with Crippen LogP contribution in [0, 0.1) is 0 Å². The predicted octanol–water partition coefficient (Wildman–Crippen LogP) is 1.76. The van der Waals surface area contributed by atoms with Gasteiger partial charge in [-0.25, -0.2) is 0 Å². The lowest BCUT2D eigenvalue weighted by Crippen LogP contribution is -2.24. The number of hydrogen-bond donors (Lipinski definition) is 3. The second-order valence-electron chi connectivity index (χ2n) is 4.25. The summed E-state index contributed by atoms with van der Waals surface area (Å²) >= 11 is 0. The first-order valence-corrected chi connectivity index (χ1v) is 6.35. The molecule has 0 atom stereocenters. The molecular weight excluding hydrogens is 240 g/mol. The first kappa shape index (κ1) is 13.1. The van der Waals surface area contributed by atoms with Crippen LogP contribution in [-0.4, -0.2) is 24.0 Å². The van der Waals surface area contributed by atoms with Gasteiger partial charge in [0.25, 0.3) is 0 Å². The number of aromatic nitrogens is 1. The van der Waals surface area contributed by atoms with Crippen molar-refractivity contribution in [1.82, 2.24) is 10.3 Å². The van der Waals surface area contributed by atoms with Gasteiger partial charge in [0.05, 0.1) is 11.4 Å². The van der Waals surface area contributed by atoms with E-state index in [0.717, 1.165) is 16.5 Å². The SMILES string of the molecule is CCNC(=O)CCNc1ccc2cnccc2c1N. The molecule has 1 aromatic heterocycles. The quantitative estimate of drug-likeness (QED) is 0.714. The molecule has 0 unspecified atom stereocenters. The Balaban J connectivity index is 2.05. The molecule has 2 rings (SSSR count). The van der Waals surface area contributed by atoms with Crippen molar-refractivity contribution in [3.63, 3.8) is 0 Å². The normalized spacial score (nSPS) is 10.4. The Morgan fingerprint density at radius 2 is 2.21 bits per heavy atom. The average molecular weight is 258 g/mol. The maximum absolute atomic E-state index is 11.3. The van der Waals surface area contributed by atoms with Crippen LogP contribution in [0.15, 0.2) is 30.6 Å². The third-order valence-electron chi connectivity index (χ3n) is 2.90. The lowest BCUT2D eigenvalue weighted by atomic mass is 10.1. The number of hydrogen-bond acceptors (Lipinski definition) is 4. The Morgan fingerprint density at radius 1 is 1.37 bits per heavy atom. The molecule has 1 amide bonds. The smallest absolute Gasteiger partial charge is 0.221 e. The Bertz CT molecular complexity index is 583. The number of nitrogens with zero attached hydrogens (tertiary/aromatic N) is 1. The van der Waals surface area contributed by atoms with Crippen molar-refractivity contribution in [3.05, 3.63) is 30.6 Å². The number of carbonyl (C=O) groups is 1. The van der Waals surface area contributed by atoms with Gasteiger partial charge in [-0.05, 0) is 19.1 Å². The van der Waals surface area contributed by atoms with Crippen molar-refractivity contribution in [2.75, 3.05) is 24.1 Å². The van der Waals surface area contributed by atoms with Crippen LogP contribution in [0.1, 0.15) is 13.3 Å². The molecule has 0 aliphatic rings. The molecular formula is C14H18N4O. The minimum Gasteiger partial charge on any atom is -0.397 e. The van der Waals surface area contributed by atoms with E-state index in [1.54, 1.807) is 12.4 Å². The van der Waals surface area contributed by atoms with Crippen LogP contribution < -0.4 is 16.4 Å². The Kier molecular flexibility index (Phi) is 4.18. The van der Waals surface area contributed by atoms with E-state index in [1.807, 2.05) is 25.1 Å². The minimum absolute atomic E-state index is 0.0403. The van der Waals surface area contributed by atoms with E-state index < -0.39 is 0 Å². The lowest BCUT2D eigenvalue weighted by molar-refractivity contribution is -0.120. The maximum atomic E-state index is 11.3. The fourth-order valence-corrected chi connectivity index (χ4v) is 1.94. The largest absolute Gasteiger partial charge is 0.397 e. The summed E-state index contributed by atoms with van der Waals surface area (Å²) in [5, 5.41) is 7.92. The van der Waals surface area contributed by atoms with E-state index in [2.05, 4.69) is 15.6 Å². The highest BCUT2D eigenvalue weighted by Crippen LogP contribution is 2.27. The molecule has 19 heavy (non-hydrogen) atoms. The molecule has 0 aliphatic heterocycles. The Hall–Kier alpha value is -2.30. The van der Waals surface area contributed by atoms with Crippen molar-refractivity contribution in [2.24, 2.45) is 0 Å². The molecule has 2 aromatic rings. The van der Waals surface area contributed by atoms with Gasteiger partial charge < -0.3 is 16.4 Å². The summed E-state index contributed by atoms with van der Waals surface area (Å²) in [6.45, 7) is 3.12. The fourth-order valence-electron chi connectivity index (χ4n) is 1.94. The summed E-state index contributed by atoms with van der Waals surface area (Å²) in [5.41, 5.74) is 7.64. The van der Waals surface area contributed by atoms with Crippen molar-refractivity contribution >= 4 is 28.1 Å². The molecule has 0 saturated heterocycles. The van der Waals surface area contributed by atoms with Crippen LogP contribution >= 0.6 is 0 Å². The molecule has 5 heteroatoms.